The average molecular weight is 875 g/mol. The molecule has 0 amide bonds. The molecule has 0 N–H and O–H groups in total. The molecular weight excluding hydrogens is 769 g/mol. The van der Waals surface area contributed by atoms with Crippen molar-refractivity contribution < 1.29 is 28.6 Å². The van der Waals surface area contributed by atoms with Gasteiger partial charge >= 0.3 is 17.9 Å². The molecule has 0 fully saturated rings. The summed E-state index contributed by atoms with van der Waals surface area (Å²) in [7, 11) is 0. The first kappa shape index (κ1) is 60.2. The fraction of sp³-hybridized carbons (Fsp3) is 0.911. The van der Waals surface area contributed by atoms with Crippen LogP contribution in [-0.4, -0.2) is 37.2 Å². The van der Waals surface area contributed by atoms with E-state index in [4.69, 9.17) is 14.2 Å². The van der Waals surface area contributed by atoms with Crippen molar-refractivity contribution in [1.82, 2.24) is 0 Å². The number of esters is 3. The lowest BCUT2D eigenvalue weighted by Crippen LogP contribution is -2.30. The molecule has 0 aromatic heterocycles. The van der Waals surface area contributed by atoms with Crippen LogP contribution in [0.15, 0.2) is 12.2 Å². The largest absolute Gasteiger partial charge is 0.462 e. The van der Waals surface area contributed by atoms with Gasteiger partial charge in [0.2, 0.25) is 0 Å². The molecule has 62 heavy (non-hydrogen) atoms. The third kappa shape index (κ3) is 49.2. The number of unbranched alkanes of at least 4 members (excludes halogenated alkanes) is 38. The molecule has 0 aliphatic rings. The number of carbonyl (C=O) groups is 3. The van der Waals surface area contributed by atoms with Crippen LogP contribution in [0.1, 0.15) is 310 Å². The summed E-state index contributed by atoms with van der Waals surface area (Å²) in [4.78, 5) is 38.0. The summed E-state index contributed by atoms with van der Waals surface area (Å²) in [5, 5.41) is 0. The highest BCUT2D eigenvalue weighted by Crippen LogP contribution is 2.17. The summed E-state index contributed by atoms with van der Waals surface area (Å²) in [6.45, 7) is 6.67. The zero-order valence-corrected chi connectivity index (χ0v) is 41.9. The Morgan fingerprint density at radius 2 is 0.532 bits per heavy atom. The van der Waals surface area contributed by atoms with E-state index in [0.717, 1.165) is 57.8 Å². The average Bonchev–Trinajstić information content (AvgIpc) is 3.27. The number of hydrogen-bond donors (Lipinski definition) is 0. The minimum absolute atomic E-state index is 0.0660. The Labute approximate surface area is 386 Å². The van der Waals surface area contributed by atoms with E-state index in [1.165, 1.54) is 212 Å². The SMILES string of the molecule is CCCCCC/C=C\CCCCCCCCCC(=O)OC(COC(=O)CCCCCCCCCCCCCC)COC(=O)CCCCCCCCCCCCCCCCCCC. The maximum absolute atomic E-state index is 12.8. The van der Waals surface area contributed by atoms with E-state index < -0.39 is 6.10 Å². The van der Waals surface area contributed by atoms with Crippen LogP contribution < -0.4 is 0 Å². The van der Waals surface area contributed by atoms with Crippen LogP contribution in [0.5, 0.6) is 0 Å². The molecule has 0 spiro atoms. The maximum Gasteiger partial charge on any atom is 0.306 e. The smallest absolute Gasteiger partial charge is 0.306 e. The third-order valence-corrected chi connectivity index (χ3v) is 12.5. The monoisotopic (exact) mass is 875 g/mol. The number of allylic oxidation sites excluding steroid dienone is 2. The molecule has 0 aliphatic carbocycles. The fourth-order valence-corrected chi connectivity index (χ4v) is 8.32. The minimum atomic E-state index is -0.765. The molecule has 1 unspecified atom stereocenters. The number of ether oxygens (including phenoxy) is 3. The Hall–Kier alpha value is -1.85. The molecule has 0 radical (unpaired) electrons. The predicted octanol–water partition coefficient (Wildman–Crippen LogP) is 18.2. The Bertz CT molecular complexity index is 962. The number of hydrogen-bond acceptors (Lipinski definition) is 6. The zero-order valence-electron chi connectivity index (χ0n) is 41.9. The highest BCUT2D eigenvalue weighted by molar-refractivity contribution is 5.71. The van der Waals surface area contributed by atoms with Crippen molar-refractivity contribution in [2.75, 3.05) is 13.2 Å². The highest BCUT2D eigenvalue weighted by atomic mass is 16.6. The van der Waals surface area contributed by atoms with Gasteiger partial charge in [-0.1, -0.05) is 258 Å². The molecule has 1 atom stereocenters. The first-order valence-electron chi connectivity index (χ1n) is 27.7. The molecule has 0 heterocycles. The molecule has 0 rings (SSSR count). The van der Waals surface area contributed by atoms with E-state index in [2.05, 4.69) is 32.9 Å². The Balaban J connectivity index is 4.30. The zero-order chi connectivity index (χ0) is 45.1. The standard InChI is InChI=1S/C56H106O6/c1-4-7-10-13-16-19-22-25-27-28-30-31-34-37-40-43-46-49-55(58)61-52-53(51-60-54(57)48-45-42-39-36-33-24-21-18-15-12-9-6-3)62-56(59)50-47-44-41-38-35-32-29-26-23-20-17-14-11-8-5-2/h20,23,53H,4-19,21-22,24-52H2,1-3H3/b23-20-. The molecule has 366 valence electrons. The maximum atomic E-state index is 12.8. The predicted molar refractivity (Wildman–Crippen MR) is 266 cm³/mol. The van der Waals surface area contributed by atoms with E-state index in [-0.39, 0.29) is 31.1 Å². The van der Waals surface area contributed by atoms with Crippen molar-refractivity contribution in [2.24, 2.45) is 0 Å². The summed E-state index contributed by atoms with van der Waals surface area (Å²) in [5.74, 6) is -0.850. The Morgan fingerprint density at radius 1 is 0.306 bits per heavy atom. The molecule has 6 nitrogen and oxygen atoms in total. The van der Waals surface area contributed by atoms with Crippen LogP contribution in [0.4, 0.5) is 0 Å². The van der Waals surface area contributed by atoms with Crippen LogP contribution in [0.3, 0.4) is 0 Å². The summed E-state index contributed by atoms with van der Waals surface area (Å²) in [6, 6.07) is 0. The van der Waals surface area contributed by atoms with Gasteiger partial charge in [-0.05, 0) is 44.9 Å². The van der Waals surface area contributed by atoms with Gasteiger partial charge in [-0.2, -0.15) is 0 Å². The van der Waals surface area contributed by atoms with Gasteiger partial charge < -0.3 is 14.2 Å². The van der Waals surface area contributed by atoms with Crippen molar-refractivity contribution in [3.8, 4) is 0 Å². The van der Waals surface area contributed by atoms with Crippen LogP contribution in [-0.2, 0) is 28.6 Å². The van der Waals surface area contributed by atoms with Gasteiger partial charge in [-0.25, -0.2) is 0 Å². The highest BCUT2D eigenvalue weighted by Gasteiger charge is 2.19. The van der Waals surface area contributed by atoms with E-state index >= 15 is 0 Å². The second-order valence-electron chi connectivity index (χ2n) is 18.9. The molecule has 6 heteroatoms. The second kappa shape index (κ2) is 51.8. The van der Waals surface area contributed by atoms with Gasteiger partial charge in [-0.15, -0.1) is 0 Å². The third-order valence-electron chi connectivity index (χ3n) is 12.5. The van der Waals surface area contributed by atoms with E-state index in [1.807, 2.05) is 0 Å². The van der Waals surface area contributed by atoms with Gasteiger partial charge in [0, 0.05) is 19.3 Å². The molecular formula is C56H106O6. The van der Waals surface area contributed by atoms with Gasteiger partial charge in [0.15, 0.2) is 6.10 Å². The minimum Gasteiger partial charge on any atom is -0.462 e. The van der Waals surface area contributed by atoms with E-state index in [0.29, 0.717) is 19.3 Å². The number of rotatable bonds is 51. The van der Waals surface area contributed by atoms with Gasteiger partial charge in [0.05, 0.1) is 0 Å². The van der Waals surface area contributed by atoms with Crippen LogP contribution in [0.2, 0.25) is 0 Å². The Morgan fingerprint density at radius 3 is 0.823 bits per heavy atom. The first-order chi connectivity index (χ1) is 30.5. The molecule has 0 saturated carbocycles. The summed E-state index contributed by atoms with van der Waals surface area (Å²) >= 11 is 0. The summed E-state index contributed by atoms with van der Waals surface area (Å²) < 4.78 is 16.8. The summed E-state index contributed by atoms with van der Waals surface area (Å²) in [5.41, 5.74) is 0. The van der Waals surface area contributed by atoms with E-state index in [1.54, 1.807) is 0 Å². The lowest BCUT2D eigenvalue weighted by atomic mass is 10.0. The topological polar surface area (TPSA) is 78.9 Å². The molecule has 0 saturated heterocycles. The van der Waals surface area contributed by atoms with Gasteiger partial charge in [-0.3, -0.25) is 14.4 Å². The van der Waals surface area contributed by atoms with Crippen molar-refractivity contribution in [3.63, 3.8) is 0 Å². The molecule has 0 bridgehead atoms. The van der Waals surface area contributed by atoms with Crippen molar-refractivity contribution in [3.05, 3.63) is 12.2 Å². The molecule has 0 aliphatic heterocycles. The van der Waals surface area contributed by atoms with E-state index in [9.17, 15) is 14.4 Å². The van der Waals surface area contributed by atoms with Gasteiger partial charge in [0.25, 0.3) is 0 Å². The summed E-state index contributed by atoms with van der Waals surface area (Å²) in [6.07, 6.45) is 57.6. The second-order valence-corrected chi connectivity index (χ2v) is 18.9. The van der Waals surface area contributed by atoms with Gasteiger partial charge in [0.1, 0.15) is 13.2 Å². The molecule has 0 aromatic rings. The normalized spacial score (nSPS) is 12.0. The Kier molecular flexibility index (Phi) is 50.2. The van der Waals surface area contributed by atoms with Crippen LogP contribution in [0.25, 0.3) is 0 Å². The van der Waals surface area contributed by atoms with Crippen molar-refractivity contribution in [2.45, 2.75) is 316 Å². The van der Waals surface area contributed by atoms with Crippen LogP contribution in [0, 0.1) is 0 Å². The van der Waals surface area contributed by atoms with Crippen LogP contribution >= 0.6 is 0 Å². The lowest BCUT2D eigenvalue weighted by molar-refractivity contribution is -0.167. The van der Waals surface area contributed by atoms with Crippen molar-refractivity contribution in [1.29, 1.82) is 0 Å². The van der Waals surface area contributed by atoms with Crippen molar-refractivity contribution >= 4 is 17.9 Å². The first-order valence-corrected chi connectivity index (χ1v) is 27.7. The fourth-order valence-electron chi connectivity index (χ4n) is 8.32. The quantitative estimate of drug-likeness (QED) is 0.0262. The molecule has 0 aromatic carbocycles. The number of carbonyl (C=O) groups excluding carboxylic acids is 3. The lowest BCUT2D eigenvalue weighted by Gasteiger charge is -2.18.